The lowest BCUT2D eigenvalue weighted by Gasteiger charge is -2.30. The molecule has 0 spiro atoms. The molecule has 11 nitrogen and oxygen atoms in total. The topological polar surface area (TPSA) is 178 Å². The number of hydrogen-bond acceptors (Lipinski definition) is 8. The third-order valence-corrected chi connectivity index (χ3v) is 5.39. The summed E-state index contributed by atoms with van der Waals surface area (Å²) in [6.45, 7) is 1.34. The molecule has 1 aliphatic rings. The number of fused-ring (bicyclic) bond motifs is 1. The van der Waals surface area contributed by atoms with Crippen LogP contribution in [0.4, 0.5) is 5.82 Å². The quantitative estimate of drug-likeness (QED) is 0.227. The number of amides is 1. The first-order valence-corrected chi connectivity index (χ1v) is 10.5. The lowest BCUT2D eigenvalue weighted by Crippen LogP contribution is -2.44. The number of methoxy groups -OCH3 is 1. The molecule has 2 aromatic rings. The second kappa shape index (κ2) is 10.2. The van der Waals surface area contributed by atoms with Crippen molar-refractivity contribution in [2.45, 2.75) is 50.7 Å². The maximum absolute atomic E-state index is 12.8. The Kier molecular flexibility index (Phi) is 7.41. The van der Waals surface area contributed by atoms with Gasteiger partial charge in [0.25, 0.3) is 5.91 Å². The standard InChI is InChI=1S/C21H29N7O4/c1-11-7-8-13-12(9-11)17(25-14-5-3-4-6-15(14)27-21(22)23)28-18(24-13)19(30)26-16(10-29)20(31)32-2/h7-9,14-16,29H,3-6,10H2,1-2H3,(H,26,30)(H4,22,23,27)(H,24,25,28). The summed E-state index contributed by atoms with van der Waals surface area (Å²) in [4.78, 5) is 37.6. The van der Waals surface area contributed by atoms with Gasteiger partial charge in [0.1, 0.15) is 5.82 Å². The largest absolute Gasteiger partial charge is 0.467 e. The van der Waals surface area contributed by atoms with Crippen LogP contribution in [0.3, 0.4) is 0 Å². The Balaban J connectivity index is 1.97. The van der Waals surface area contributed by atoms with Crippen LogP contribution >= 0.6 is 0 Å². The molecule has 11 heteroatoms. The van der Waals surface area contributed by atoms with Gasteiger partial charge in [-0.2, -0.15) is 0 Å². The number of carbonyl (C=O) groups excluding carboxylic acids is 2. The molecule has 3 rings (SSSR count). The number of nitrogens with one attached hydrogen (secondary N) is 2. The SMILES string of the molecule is COC(=O)C(CO)NC(=O)c1nc(NC2CCCCC2N=C(N)N)c2cc(C)ccc2n1. The number of ether oxygens (including phenoxy) is 1. The molecule has 1 aromatic carbocycles. The maximum atomic E-state index is 12.8. The van der Waals surface area contributed by atoms with Crippen molar-refractivity contribution >= 4 is 34.6 Å². The van der Waals surface area contributed by atoms with Crippen LogP contribution in [0.1, 0.15) is 41.9 Å². The van der Waals surface area contributed by atoms with Gasteiger partial charge in [0.15, 0.2) is 12.0 Å². The van der Waals surface area contributed by atoms with Crippen molar-refractivity contribution in [2.75, 3.05) is 19.0 Å². The number of aliphatic imine (C=N–C) groups is 1. The molecule has 0 bridgehead atoms. The van der Waals surface area contributed by atoms with E-state index in [1.54, 1.807) is 6.07 Å². The van der Waals surface area contributed by atoms with Gasteiger partial charge >= 0.3 is 5.97 Å². The Morgan fingerprint density at radius 1 is 1.28 bits per heavy atom. The zero-order valence-corrected chi connectivity index (χ0v) is 18.2. The molecular formula is C21H29N7O4. The van der Waals surface area contributed by atoms with Crippen molar-refractivity contribution < 1.29 is 19.4 Å². The number of esters is 1. The first kappa shape index (κ1) is 23.2. The molecule has 1 aromatic heterocycles. The van der Waals surface area contributed by atoms with Gasteiger partial charge in [-0.25, -0.2) is 19.8 Å². The van der Waals surface area contributed by atoms with E-state index in [9.17, 15) is 14.7 Å². The number of rotatable bonds is 7. The second-order valence-corrected chi connectivity index (χ2v) is 7.80. The summed E-state index contributed by atoms with van der Waals surface area (Å²) in [5.41, 5.74) is 12.8. The normalized spacial score (nSPS) is 19.1. The molecule has 1 heterocycles. The lowest BCUT2D eigenvalue weighted by atomic mass is 9.90. The molecule has 0 saturated heterocycles. The first-order valence-electron chi connectivity index (χ1n) is 10.5. The predicted molar refractivity (Wildman–Crippen MR) is 120 cm³/mol. The van der Waals surface area contributed by atoms with Gasteiger partial charge in [0, 0.05) is 5.39 Å². The number of carbonyl (C=O) groups is 2. The number of aliphatic hydroxyl groups is 1. The molecule has 1 aliphatic carbocycles. The van der Waals surface area contributed by atoms with E-state index in [0.29, 0.717) is 11.3 Å². The fourth-order valence-electron chi connectivity index (χ4n) is 3.80. The summed E-state index contributed by atoms with van der Waals surface area (Å²) in [6.07, 6.45) is 3.71. The average Bonchev–Trinajstić information content (AvgIpc) is 2.77. The number of aromatic nitrogens is 2. The Bertz CT molecular complexity index is 1020. The smallest absolute Gasteiger partial charge is 0.330 e. The number of aliphatic hydroxyl groups excluding tert-OH is 1. The van der Waals surface area contributed by atoms with Gasteiger partial charge < -0.3 is 31.9 Å². The summed E-state index contributed by atoms with van der Waals surface area (Å²) in [5, 5.41) is 16.0. The molecule has 1 amide bonds. The van der Waals surface area contributed by atoms with Crippen molar-refractivity contribution in [3.63, 3.8) is 0 Å². The monoisotopic (exact) mass is 443 g/mol. The van der Waals surface area contributed by atoms with E-state index in [1.807, 2.05) is 19.1 Å². The van der Waals surface area contributed by atoms with Crippen LogP contribution in [0.25, 0.3) is 10.9 Å². The highest BCUT2D eigenvalue weighted by Crippen LogP contribution is 2.28. The van der Waals surface area contributed by atoms with E-state index in [2.05, 4.69) is 30.3 Å². The third kappa shape index (κ3) is 5.41. The van der Waals surface area contributed by atoms with Crippen LogP contribution in [-0.4, -0.2) is 64.8 Å². The van der Waals surface area contributed by atoms with Crippen LogP contribution in [-0.2, 0) is 9.53 Å². The van der Waals surface area contributed by atoms with E-state index in [4.69, 9.17) is 11.5 Å². The number of hydrogen-bond donors (Lipinski definition) is 5. The highest BCUT2D eigenvalue weighted by molar-refractivity contribution is 5.98. The van der Waals surface area contributed by atoms with E-state index in [-0.39, 0.29) is 23.9 Å². The fraction of sp³-hybridized carbons (Fsp3) is 0.476. The minimum absolute atomic E-state index is 0.0324. The molecule has 7 N–H and O–H groups in total. The van der Waals surface area contributed by atoms with Crippen molar-refractivity contribution in [3.05, 3.63) is 29.6 Å². The van der Waals surface area contributed by atoms with Crippen molar-refractivity contribution in [3.8, 4) is 0 Å². The predicted octanol–water partition coefficient (Wildman–Crippen LogP) is 0.198. The van der Waals surface area contributed by atoms with Crippen LogP contribution < -0.4 is 22.1 Å². The average molecular weight is 444 g/mol. The highest BCUT2D eigenvalue weighted by Gasteiger charge is 2.27. The third-order valence-electron chi connectivity index (χ3n) is 5.39. The molecule has 0 radical (unpaired) electrons. The minimum atomic E-state index is -1.22. The molecular weight excluding hydrogens is 414 g/mol. The van der Waals surface area contributed by atoms with E-state index < -0.39 is 24.5 Å². The summed E-state index contributed by atoms with van der Waals surface area (Å²) in [6, 6.07) is 4.22. The Labute approximate surface area is 185 Å². The number of nitrogens with zero attached hydrogens (tertiary/aromatic N) is 3. The number of nitrogens with two attached hydrogens (primary N) is 2. The highest BCUT2D eigenvalue weighted by atomic mass is 16.5. The number of guanidine groups is 1. The van der Waals surface area contributed by atoms with Gasteiger partial charge in [-0.1, -0.05) is 24.5 Å². The van der Waals surface area contributed by atoms with Gasteiger partial charge in [0.2, 0.25) is 5.82 Å². The minimum Gasteiger partial charge on any atom is -0.467 e. The Morgan fingerprint density at radius 3 is 2.72 bits per heavy atom. The summed E-state index contributed by atoms with van der Waals surface area (Å²) in [7, 11) is 1.17. The van der Waals surface area contributed by atoms with E-state index >= 15 is 0 Å². The van der Waals surface area contributed by atoms with Crippen molar-refractivity contribution in [1.82, 2.24) is 15.3 Å². The van der Waals surface area contributed by atoms with Crippen LogP contribution in [0.15, 0.2) is 23.2 Å². The number of aryl methyl sites for hydroxylation is 1. The molecule has 1 fully saturated rings. The van der Waals surface area contributed by atoms with Crippen LogP contribution in [0.5, 0.6) is 0 Å². The fourth-order valence-corrected chi connectivity index (χ4v) is 3.80. The molecule has 1 saturated carbocycles. The van der Waals surface area contributed by atoms with Crippen LogP contribution in [0, 0.1) is 6.92 Å². The maximum Gasteiger partial charge on any atom is 0.330 e. The van der Waals surface area contributed by atoms with Gasteiger partial charge in [-0.3, -0.25) is 4.79 Å². The van der Waals surface area contributed by atoms with Crippen molar-refractivity contribution in [2.24, 2.45) is 16.5 Å². The molecule has 3 atom stereocenters. The Hall–Kier alpha value is -3.47. The van der Waals surface area contributed by atoms with E-state index in [1.165, 1.54) is 7.11 Å². The summed E-state index contributed by atoms with van der Waals surface area (Å²) >= 11 is 0. The lowest BCUT2D eigenvalue weighted by molar-refractivity contribution is -0.143. The Morgan fingerprint density at radius 2 is 2.03 bits per heavy atom. The molecule has 0 aliphatic heterocycles. The second-order valence-electron chi connectivity index (χ2n) is 7.80. The summed E-state index contributed by atoms with van der Waals surface area (Å²) in [5.74, 6) is -1.10. The molecule has 3 unspecified atom stereocenters. The molecule has 172 valence electrons. The van der Waals surface area contributed by atoms with Crippen LogP contribution in [0.2, 0.25) is 0 Å². The van der Waals surface area contributed by atoms with Gasteiger partial charge in [0.05, 0.1) is 31.3 Å². The van der Waals surface area contributed by atoms with Gasteiger partial charge in [-0.05, 0) is 31.9 Å². The first-order chi connectivity index (χ1) is 15.3. The van der Waals surface area contributed by atoms with Crippen molar-refractivity contribution in [1.29, 1.82) is 0 Å². The number of benzene rings is 1. The zero-order valence-electron chi connectivity index (χ0n) is 18.2. The summed E-state index contributed by atoms with van der Waals surface area (Å²) < 4.78 is 4.59. The molecule has 32 heavy (non-hydrogen) atoms. The van der Waals surface area contributed by atoms with E-state index in [0.717, 1.165) is 36.6 Å². The number of anilines is 1. The zero-order chi connectivity index (χ0) is 23.3. The van der Waals surface area contributed by atoms with Gasteiger partial charge in [-0.15, -0.1) is 0 Å².